The van der Waals surface area contributed by atoms with Crippen molar-refractivity contribution in [2.45, 2.75) is 33.4 Å². The first-order chi connectivity index (χ1) is 8.15. The molecule has 96 valence electrons. The van der Waals surface area contributed by atoms with Crippen molar-refractivity contribution in [3.05, 3.63) is 23.4 Å². The van der Waals surface area contributed by atoms with Crippen LogP contribution in [0.15, 0.2) is 12.1 Å². The van der Waals surface area contributed by atoms with E-state index in [1.54, 1.807) is 7.11 Å². The predicted octanol–water partition coefficient (Wildman–Crippen LogP) is 1.91. The van der Waals surface area contributed by atoms with Crippen molar-refractivity contribution >= 4 is 0 Å². The van der Waals surface area contributed by atoms with Gasteiger partial charge in [0.1, 0.15) is 6.10 Å². The van der Waals surface area contributed by atoms with Gasteiger partial charge in [-0.1, -0.05) is 6.92 Å². The maximum absolute atomic E-state index is 5.69. The molecule has 0 radical (unpaired) electrons. The van der Waals surface area contributed by atoms with Crippen LogP contribution in [0.25, 0.3) is 0 Å². The lowest BCUT2D eigenvalue weighted by atomic mass is 10.2. The number of nitrogens with one attached hydrogen (secondary N) is 1. The number of rotatable bonds is 7. The number of methoxy groups -OCH3 is 1. The molecule has 4 nitrogen and oxygen atoms in total. The molecule has 1 unspecified atom stereocenters. The summed E-state index contributed by atoms with van der Waals surface area (Å²) in [6.45, 7) is 8.40. The van der Waals surface area contributed by atoms with Gasteiger partial charge >= 0.3 is 0 Å². The molecule has 0 saturated carbocycles. The van der Waals surface area contributed by atoms with Crippen LogP contribution in [0.4, 0.5) is 0 Å². The SMILES string of the molecule is CCNCc1cc(C)nc(OC(C)COC)c1. The van der Waals surface area contributed by atoms with Crippen LogP contribution in [0.2, 0.25) is 0 Å². The number of aryl methyl sites for hydroxylation is 1. The van der Waals surface area contributed by atoms with E-state index in [4.69, 9.17) is 9.47 Å². The summed E-state index contributed by atoms with van der Waals surface area (Å²) < 4.78 is 10.7. The Morgan fingerprint density at radius 2 is 2.18 bits per heavy atom. The molecule has 0 aromatic carbocycles. The molecule has 0 bridgehead atoms. The Labute approximate surface area is 103 Å². The summed E-state index contributed by atoms with van der Waals surface area (Å²) in [5.41, 5.74) is 2.17. The molecule has 0 aliphatic rings. The second-order valence-corrected chi connectivity index (χ2v) is 4.12. The number of hydrogen-bond donors (Lipinski definition) is 1. The Bertz CT molecular complexity index is 342. The van der Waals surface area contributed by atoms with Crippen LogP contribution in [0.5, 0.6) is 5.88 Å². The number of ether oxygens (including phenoxy) is 2. The molecule has 1 heterocycles. The minimum atomic E-state index is 0.0151. The normalized spacial score (nSPS) is 12.5. The summed E-state index contributed by atoms with van der Waals surface area (Å²) in [5.74, 6) is 0.669. The zero-order valence-electron chi connectivity index (χ0n) is 11.1. The van der Waals surface area contributed by atoms with Gasteiger partial charge in [0.2, 0.25) is 5.88 Å². The lowest BCUT2D eigenvalue weighted by Crippen LogP contribution is -2.19. The van der Waals surface area contributed by atoms with Crippen molar-refractivity contribution < 1.29 is 9.47 Å². The Morgan fingerprint density at radius 3 is 2.82 bits per heavy atom. The molecule has 0 aliphatic carbocycles. The molecule has 4 heteroatoms. The molecule has 1 rings (SSSR count). The van der Waals surface area contributed by atoms with Gasteiger partial charge < -0.3 is 14.8 Å². The third-order valence-corrected chi connectivity index (χ3v) is 2.29. The van der Waals surface area contributed by atoms with Crippen LogP contribution in [0.1, 0.15) is 25.1 Å². The molecule has 1 aromatic rings. The monoisotopic (exact) mass is 238 g/mol. The Kier molecular flexibility index (Phi) is 5.94. The minimum Gasteiger partial charge on any atom is -0.472 e. The van der Waals surface area contributed by atoms with Gasteiger partial charge in [-0.15, -0.1) is 0 Å². The van der Waals surface area contributed by atoms with E-state index in [0.29, 0.717) is 12.5 Å². The number of hydrogen-bond acceptors (Lipinski definition) is 4. The highest BCUT2D eigenvalue weighted by atomic mass is 16.5. The van der Waals surface area contributed by atoms with Gasteiger partial charge in [0.25, 0.3) is 0 Å². The highest BCUT2D eigenvalue weighted by Gasteiger charge is 2.06. The fourth-order valence-corrected chi connectivity index (χ4v) is 1.61. The predicted molar refractivity (Wildman–Crippen MR) is 68.3 cm³/mol. The quantitative estimate of drug-likeness (QED) is 0.788. The molecule has 0 aliphatic heterocycles. The Hall–Kier alpha value is -1.13. The summed E-state index contributed by atoms with van der Waals surface area (Å²) in [7, 11) is 1.67. The van der Waals surface area contributed by atoms with Crippen molar-refractivity contribution in [3.8, 4) is 5.88 Å². The summed E-state index contributed by atoms with van der Waals surface area (Å²) in [4.78, 5) is 4.36. The van der Waals surface area contributed by atoms with Gasteiger partial charge in [-0.05, 0) is 32.0 Å². The van der Waals surface area contributed by atoms with E-state index in [9.17, 15) is 0 Å². The standard InChI is InChI=1S/C13H22N2O2/c1-5-14-8-12-6-10(2)15-13(7-12)17-11(3)9-16-4/h6-7,11,14H,5,8-9H2,1-4H3. The number of aromatic nitrogens is 1. The van der Waals surface area contributed by atoms with Crippen molar-refractivity contribution in [1.82, 2.24) is 10.3 Å². The van der Waals surface area contributed by atoms with Gasteiger partial charge in [-0.2, -0.15) is 0 Å². The van der Waals surface area contributed by atoms with E-state index in [1.807, 2.05) is 19.9 Å². The van der Waals surface area contributed by atoms with Gasteiger partial charge in [-0.3, -0.25) is 0 Å². The van der Waals surface area contributed by atoms with Gasteiger partial charge in [-0.25, -0.2) is 4.98 Å². The van der Waals surface area contributed by atoms with Crippen molar-refractivity contribution in [2.24, 2.45) is 0 Å². The van der Waals surface area contributed by atoms with Gasteiger partial charge in [0.05, 0.1) is 6.61 Å². The zero-order chi connectivity index (χ0) is 12.7. The molecule has 1 N–H and O–H groups in total. The topological polar surface area (TPSA) is 43.4 Å². The van der Waals surface area contributed by atoms with E-state index in [1.165, 1.54) is 5.56 Å². The summed E-state index contributed by atoms with van der Waals surface area (Å²) in [6.07, 6.45) is 0.0151. The van der Waals surface area contributed by atoms with Crippen LogP contribution in [0, 0.1) is 6.92 Å². The smallest absolute Gasteiger partial charge is 0.214 e. The van der Waals surface area contributed by atoms with Crippen molar-refractivity contribution in [2.75, 3.05) is 20.3 Å². The molecule has 0 spiro atoms. The van der Waals surface area contributed by atoms with E-state index in [2.05, 4.69) is 23.3 Å². The first kappa shape index (κ1) is 13.9. The van der Waals surface area contributed by atoms with E-state index < -0.39 is 0 Å². The lowest BCUT2D eigenvalue weighted by Gasteiger charge is -2.14. The second kappa shape index (κ2) is 7.25. The van der Waals surface area contributed by atoms with E-state index in [0.717, 1.165) is 18.8 Å². The maximum Gasteiger partial charge on any atom is 0.214 e. The first-order valence-corrected chi connectivity index (χ1v) is 5.99. The average molecular weight is 238 g/mol. The first-order valence-electron chi connectivity index (χ1n) is 5.99. The highest BCUT2D eigenvalue weighted by Crippen LogP contribution is 2.14. The fraction of sp³-hybridized carbons (Fsp3) is 0.615. The summed E-state index contributed by atoms with van der Waals surface area (Å²) in [5, 5.41) is 3.29. The van der Waals surface area contributed by atoms with E-state index in [-0.39, 0.29) is 6.10 Å². The van der Waals surface area contributed by atoms with Crippen molar-refractivity contribution in [3.63, 3.8) is 0 Å². The van der Waals surface area contributed by atoms with Crippen LogP contribution in [-0.4, -0.2) is 31.3 Å². The third kappa shape index (κ3) is 5.15. The molecule has 1 aromatic heterocycles. The zero-order valence-corrected chi connectivity index (χ0v) is 11.1. The molecule has 0 fully saturated rings. The van der Waals surface area contributed by atoms with Crippen LogP contribution < -0.4 is 10.1 Å². The molecular formula is C13H22N2O2. The van der Waals surface area contributed by atoms with E-state index >= 15 is 0 Å². The largest absolute Gasteiger partial charge is 0.472 e. The molecule has 0 saturated heterocycles. The Balaban J connectivity index is 2.67. The summed E-state index contributed by atoms with van der Waals surface area (Å²) >= 11 is 0. The van der Waals surface area contributed by atoms with Crippen molar-refractivity contribution in [1.29, 1.82) is 0 Å². The molecule has 17 heavy (non-hydrogen) atoms. The highest BCUT2D eigenvalue weighted by molar-refractivity contribution is 5.24. The van der Waals surface area contributed by atoms with Crippen LogP contribution in [0.3, 0.4) is 0 Å². The fourth-order valence-electron chi connectivity index (χ4n) is 1.61. The Morgan fingerprint density at radius 1 is 1.41 bits per heavy atom. The van der Waals surface area contributed by atoms with Crippen LogP contribution >= 0.6 is 0 Å². The number of nitrogens with zero attached hydrogens (tertiary/aromatic N) is 1. The summed E-state index contributed by atoms with van der Waals surface area (Å²) in [6, 6.07) is 4.04. The van der Waals surface area contributed by atoms with Crippen LogP contribution in [-0.2, 0) is 11.3 Å². The minimum absolute atomic E-state index is 0.0151. The third-order valence-electron chi connectivity index (χ3n) is 2.29. The lowest BCUT2D eigenvalue weighted by molar-refractivity contribution is 0.0888. The molecular weight excluding hydrogens is 216 g/mol. The van der Waals surface area contributed by atoms with Gasteiger partial charge in [0.15, 0.2) is 0 Å². The molecule has 0 amide bonds. The average Bonchev–Trinajstić information content (AvgIpc) is 2.25. The number of pyridine rings is 1. The molecule has 1 atom stereocenters. The van der Waals surface area contributed by atoms with Gasteiger partial charge in [0, 0.05) is 25.4 Å². The second-order valence-electron chi connectivity index (χ2n) is 4.12. The maximum atomic E-state index is 5.69.